The Morgan fingerprint density at radius 3 is 2.43 bits per heavy atom. The second kappa shape index (κ2) is 7.02. The van der Waals surface area contributed by atoms with Crippen LogP contribution in [0.4, 0.5) is 0 Å². The number of rotatable bonds is 7. The van der Waals surface area contributed by atoms with Crippen molar-refractivity contribution in [3.05, 3.63) is 12.2 Å². The van der Waals surface area contributed by atoms with E-state index in [0.29, 0.717) is 12.8 Å². The molecule has 0 radical (unpaired) electrons. The molecule has 0 saturated heterocycles. The Hall–Kier alpha value is -0.340. The Bertz CT molecular complexity index is 162. The van der Waals surface area contributed by atoms with Gasteiger partial charge in [0, 0.05) is 6.42 Å². The van der Waals surface area contributed by atoms with E-state index in [1.807, 2.05) is 19.1 Å². The predicted octanol–water partition coefficient (Wildman–Crippen LogP) is 2.64. The van der Waals surface area contributed by atoms with Crippen LogP contribution in [0, 0.1) is 0 Å². The normalized spacial score (nSPS) is 18.4. The summed E-state index contributed by atoms with van der Waals surface area (Å²) < 4.78 is 0. The van der Waals surface area contributed by atoms with E-state index in [2.05, 4.69) is 6.92 Å². The maximum Gasteiger partial charge on any atom is 0.0644 e. The van der Waals surface area contributed by atoms with E-state index in [1.54, 1.807) is 6.92 Å². The van der Waals surface area contributed by atoms with Gasteiger partial charge < -0.3 is 10.2 Å². The Morgan fingerprint density at radius 2 is 1.93 bits per heavy atom. The molecule has 0 amide bonds. The van der Waals surface area contributed by atoms with E-state index in [9.17, 15) is 10.2 Å². The summed E-state index contributed by atoms with van der Waals surface area (Å²) in [5, 5.41) is 19.5. The van der Waals surface area contributed by atoms with Crippen molar-refractivity contribution in [3.63, 3.8) is 0 Å². The van der Waals surface area contributed by atoms with E-state index >= 15 is 0 Å². The van der Waals surface area contributed by atoms with Crippen LogP contribution in [0.2, 0.25) is 0 Å². The van der Waals surface area contributed by atoms with Crippen molar-refractivity contribution in [2.75, 3.05) is 0 Å². The zero-order valence-electron chi connectivity index (χ0n) is 9.66. The highest BCUT2D eigenvalue weighted by Crippen LogP contribution is 2.19. The molecule has 2 atom stereocenters. The molecule has 14 heavy (non-hydrogen) atoms. The first-order chi connectivity index (χ1) is 6.52. The van der Waals surface area contributed by atoms with Crippen LogP contribution in [0.5, 0.6) is 0 Å². The van der Waals surface area contributed by atoms with E-state index < -0.39 is 11.7 Å². The summed E-state index contributed by atoms with van der Waals surface area (Å²) >= 11 is 0. The lowest BCUT2D eigenvalue weighted by atomic mass is 9.92. The molecule has 84 valence electrons. The summed E-state index contributed by atoms with van der Waals surface area (Å²) in [6, 6.07) is 0. The Labute approximate surface area is 87.7 Å². The molecule has 0 aliphatic rings. The summed E-state index contributed by atoms with van der Waals surface area (Å²) in [4.78, 5) is 0. The van der Waals surface area contributed by atoms with Crippen LogP contribution < -0.4 is 0 Å². The van der Waals surface area contributed by atoms with Gasteiger partial charge in [0.2, 0.25) is 0 Å². The smallest absolute Gasteiger partial charge is 0.0644 e. The van der Waals surface area contributed by atoms with Gasteiger partial charge in [-0.2, -0.15) is 0 Å². The summed E-state index contributed by atoms with van der Waals surface area (Å²) in [5.74, 6) is 0. The van der Waals surface area contributed by atoms with Gasteiger partial charge in [0.25, 0.3) is 0 Å². The maximum absolute atomic E-state index is 9.86. The molecule has 0 heterocycles. The van der Waals surface area contributed by atoms with Gasteiger partial charge in [-0.25, -0.2) is 0 Å². The fraction of sp³-hybridized carbons (Fsp3) is 0.833. The molecule has 2 unspecified atom stereocenters. The van der Waals surface area contributed by atoms with Crippen molar-refractivity contribution in [2.24, 2.45) is 0 Å². The van der Waals surface area contributed by atoms with Gasteiger partial charge in [-0.05, 0) is 26.2 Å². The average Bonchev–Trinajstić information content (AvgIpc) is 2.03. The third kappa shape index (κ3) is 7.10. The van der Waals surface area contributed by atoms with Crippen molar-refractivity contribution in [1.29, 1.82) is 0 Å². The molecule has 2 heteroatoms. The topological polar surface area (TPSA) is 40.5 Å². The molecule has 0 aliphatic heterocycles. The fourth-order valence-electron chi connectivity index (χ4n) is 1.65. The molecule has 0 aliphatic carbocycles. The maximum atomic E-state index is 9.86. The van der Waals surface area contributed by atoms with E-state index in [4.69, 9.17) is 0 Å². The van der Waals surface area contributed by atoms with Crippen molar-refractivity contribution in [3.8, 4) is 0 Å². The molecule has 0 aromatic heterocycles. The van der Waals surface area contributed by atoms with Gasteiger partial charge >= 0.3 is 0 Å². The zero-order chi connectivity index (χ0) is 11.0. The summed E-state index contributed by atoms with van der Waals surface area (Å²) in [7, 11) is 0. The minimum Gasteiger partial charge on any atom is -0.393 e. The number of aliphatic hydroxyl groups excluding tert-OH is 1. The van der Waals surface area contributed by atoms with Gasteiger partial charge in [-0.3, -0.25) is 0 Å². The number of allylic oxidation sites excluding steroid dienone is 1. The lowest BCUT2D eigenvalue weighted by Gasteiger charge is -2.25. The van der Waals surface area contributed by atoms with Crippen molar-refractivity contribution in [2.45, 2.75) is 64.6 Å². The van der Waals surface area contributed by atoms with Gasteiger partial charge in [0.15, 0.2) is 0 Å². The first-order valence-electron chi connectivity index (χ1n) is 5.57. The third-order valence-electron chi connectivity index (χ3n) is 2.27. The SMILES string of the molecule is CC/C=C\CC(O)CC(C)(O)CCC. The van der Waals surface area contributed by atoms with Crippen LogP contribution in [0.3, 0.4) is 0 Å². The molecular formula is C12H24O2. The van der Waals surface area contributed by atoms with Crippen molar-refractivity contribution in [1.82, 2.24) is 0 Å². The molecular weight excluding hydrogens is 176 g/mol. The third-order valence-corrected chi connectivity index (χ3v) is 2.27. The van der Waals surface area contributed by atoms with Crippen LogP contribution in [-0.4, -0.2) is 21.9 Å². The molecule has 0 bridgehead atoms. The van der Waals surface area contributed by atoms with Crippen molar-refractivity contribution >= 4 is 0 Å². The van der Waals surface area contributed by atoms with Crippen molar-refractivity contribution < 1.29 is 10.2 Å². The predicted molar refractivity (Wildman–Crippen MR) is 60.2 cm³/mol. The molecule has 0 aromatic rings. The Kier molecular flexibility index (Phi) is 6.85. The second-order valence-electron chi connectivity index (χ2n) is 4.22. The first kappa shape index (κ1) is 13.7. The monoisotopic (exact) mass is 200 g/mol. The van der Waals surface area contributed by atoms with Gasteiger partial charge in [0.05, 0.1) is 11.7 Å². The minimum atomic E-state index is -0.714. The quantitative estimate of drug-likeness (QED) is 0.620. The van der Waals surface area contributed by atoms with E-state index in [-0.39, 0.29) is 0 Å². The highest BCUT2D eigenvalue weighted by molar-refractivity contribution is 4.85. The lowest BCUT2D eigenvalue weighted by Crippen LogP contribution is -2.29. The van der Waals surface area contributed by atoms with Crippen LogP contribution in [0.25, 0.3) is 0 Å². The summed E-state index contributed by atoms with van der Waals surface area (Å²) in [6.07, 6.45) is 7.41. The molecule has 0 saturated carbocycles. The molecule has 0 spiro atoms. The largest absolute Gasteiger partial charge is 0.393 e. The number of hydrogen-bond donors (Lipinski definition) is 2. The number of hydrogen-bond acceptors (Lipinski definition) is 2. The van der Waals surface area contributed by atoms with Gasteiger partial charge in [-0.1, -0.05) is 32.4 Å². The Morgan fingerprint density at radius 1 is 1.29 bits per heavy atom. The second-order valence-corrected chi connectivity index (χ2v) is 4.22. The first-order valence-corrected chi connectivity index (χ1v) is 5.57. The summed E-state index contributed by atoms with van der Waals surface area (Å²) in [5.41, 5.74) is -0.714. The lowest BCUT2D eigenvalue weighted by molar-refractivity contribution is -0.00195. The average molecular weight is 200 g/mol. The van der Waals surface area contributed by atoms with Crippen LogP contribution >= 0.6 is 0 Å². The fourth-order valence-corrected chi connectivity index (χ4v) is 1.65. The highest BCUT2D eigenvalue weighted by Gasteiger charge is 2.22. The highest BCUT2D eigenvalue weighted by atomic mass is 16.3. The molecule has 2 nitrogen and oxygen atoms in total. The van der Waals surface area contributed by atoms with Crippen LogP contribution in [-0.2, 0) is 0 Å². The minimum absolute atomic E-state index is 0.417. The van der Waals surface area contributed by atoms with Gasteiger partial charge in [-0.15, -0.1) is 0 Å². The molecule has 0 fully saturated rings. The molecule has 0 rings (SSSR count). The Balaban J connectivity index is 3.79. The summed E-state index contributed by atoms with van der Waals surface area (Å²) in [6.45, 7) is 5.90. The standard InChI is InChI=1S/C12H24O2/c1-4-6-7-8-11(13)10-12(3,14)9-5-2/h6-7,11,13-14H,4-5,8-10H2,1-3H3/b7-6-. The van der Waals surface area contributed by atoms with Crippen LogP contribution in [0.15, 0.2) is 12.2 Å². The zero-order valence-corrected chi connectivity index (χ0v) is 9.66. The molecule has 2 N–H and O–H groups in total. The van der Waals surface area contributed by atoms with Crippen LogP contribution in [0.1, 0.15) is 52.9 Å². The van der Waals surface area contributed by atoms with E-state index in [0.717, 1.165) is 19.3 Å². The number of aliphatic hydroxyl groups is 2. The van der Waals surface area contributed by atoms with E-state index in [1.165, 1.54) is 0 Å². The van der Waals surface area contributed by atoms with Gasteiger partial charge in [0.1, 0.15) is 0 Å². The molecule has 0 aromatic carbocycles.